The lowest BCUT2D eigenvalue weighted by atomic mass is 10.0. The van der Waals surface area contributed by atoms with Gasteiger partial charge >= 0.3 is 0 Å². The van der Waals surface area contributed by atoms with Gasteiger partial charge in [0, 0.05) is 44.5 Å². The van der Waals surface area contributed by atoms with Crippen LogP contribution in [-0.2, 0) is 0 Å². The summed E-state index contributed by atoms with van der Waals surface area (Å²) >= 11 is 0. The smallest absolute Gasteiger partial charge is 0.164 e. The third kappa shape index (κ3) is 6.27. The standard InChI is InChI=1S/C51H34N4O/c1-5-15-35(16-6-1)36-27-29-38(30-28-36)50-52-49(37-17-7-2-8-18-37)53-51(54-50)45-25-14-26-46-48(45)44-32-31-40(34-47(44)56-46)39-19-13-24-43(33-39)55(41-20-9-3-10-21-41)42-22-11-4-12-23-42/h1-34H. The summed E-state index contributed by atoms with van der Waals surface area (Å²) in [6.07, 6.45) is 0. The number of hydrogen-bond acceptors (Lipinski definition) is 5. The van der Waals surface area contributed by atoms with Gasteiger partial charge in [-0.2, -0.15) is 0 Å². The van der Waals surface area contributed by atoms with Crippen LogP contribution in [0.2, 0.25) is 0 Å². The second-order valence-corrected chi connectivity index (χ2v) is 13.7. The van der Waals surface area contributed by atoms with Crippen LogP contribution in [0.4, 0.5) is 17.1 Å². The highest BCUT2D eigenvalue weighted by atomic mass is 16.3. The van der Waals surface area contributed by atoms with Crippen LogP contribution in [0, 0.1) is 0 Å². The van der Waals surface area contributed by atoms with Gasteiger partial charge in [0.2, 0.25) is 0 Å². The predicted molar refractivity (Wildman–Crippen MR) is 229 cm³/mol. The minimum atomic E-state index is 0.591. The van der Waals surface area contributed by atoms with Crippen molar-refractivity contribution >= 4 is 39.0 Å². The molecular formula is C51H34N4O. The molecule has 0 spiro atoms. The Labute approximate surface area is 324 Å². The number of furan rings is 1. The van der Waals surface area contributed by atoms with Crippen molar-refractivity contribution in [3.63, 3.8) is 0 Å². The van der Waals surface area contributed by atoms with Gasteiger partial charge < -0.3 is 9.32 Å². The number of nitrogens with zero attached hydrogens (tertiary/aromatic N) is 4. The van der Waals surface area contributed by atoms with E-state index < -0.39 is 0 Å². The molecule has 0 saturated carbocycles. The number of anilines is 3. The van der Waals surface area contributed by atoms with Crippen molar-refractivity contribution in [3.8, 4) is 56.4 Å². The minimum Gasteiger partial charge on any atom is -0.456 e. The Morgan fingerprint density at radius 2 is 0.786 bits per heavy atom. The van der Waals surface area contributed by atoms with Crippen LogP contribution in [-0.4, -0.2) is 15.0 Å². The van der Waals surface area contributed by atoms with Crippen LogP contribution in [0.1, 0.15) is 0 Å². The van der Waals surface area contributed by atoms with Crippen molar-refractivity contribution in [1.82, 2.24) is 15.0 Å². The molecule has 0 aliphatic heterocycles. The Morgan fingerprint density at radius 1 is 0.321 bits per heavy atom. The lowest BCUT2D eigenvalue weighted by Gasteiger charge is -2.25. The summed E-state index contributed by atoms with van der Waals surface area (Å²) in [6, 6.07) is 71.0. The van der Waals surface area contributed by atoms with E-state index in [9.17, 15) is 0 Å². The van der Waals surface area contributed by atoms with Crippen molar-refractivity contribution in [2.45, 2.75) is 0 Å². The fourth-order valence-electron chi connectivity index (χ4n) is 7.40. The number of hydrogen-bond donors (Lipinski definition) is 0. The zero-order valence-corrected chi connectivity index (χ0v) is 30.3. The van der Waals surface area contributed by atoms with E-state index in [0.717, 1.165) is 77.9 Å². The first-order chi connectivity index (χ1) is 27.7. The fraction of sp³-hybridized carbons (Fsp3) is 0. The largest absolute Gasteiger partial charge is 0.456 e. The SMILES string of the molecule is c1ccc(-c2ccc(-c3nc(-c4ccccc4)nc(-c4cccc5oc6cc(-c7cccc(N(c8ccccc8)c8ccccc8)c7)ccc6c45)n3)cc2)cc1. The maximum Gasteiger partial charge on any atom is 0.164 e. The zero-order valence-electron chi connectivity index (χ0n) is 30.3. The first kappa shape index (κ1) is 33.0. The molecule has 0 amide bonds. The van der Waals surface area contributed by atoms with Gasteiger partial charge in [-0.05, 0) is 76.9 Å². The molecule has 0 aliphatic rings. The molecule has 10 aromatic rings. The van der Waals surface area contributed by atoms with Gasteiger partial charge in [0.05, 0.1) is 0 Å². The first-order valence-corrected chi connectivity index (χ1v) is 18.7. The van der Waals surface area contributed by atoms with Gasteiger partial charge in [-0.1, -0.05) is 152 Å². The van der Waals surface area contributed by atoms with E-state index in [4.69, 9.17) is 19.4 Å². The maximum absolute atomic E-state index is 6.60. The Hall–Kier alpha value is -7.63. The average Bonchev–Trinajstić information content (AvgIpc) is 3.66. The molecule has 0 saturated heterocycles. The fourth-order valence-corrected chi connectivity index (χ4v) is 7.40. The molecule has 0 fully saturated rings. The summed E-state index contributed by atoms with van der Waals surface area (Å²) in [5.74, 6) is 1.82. The van der Waals surface area contributed by atoms with E-state index in [1.807, 2.05) is 60.7 Å². The zero-order chi connectivity index (χ0) is 37.3. The molecule has 56 heavy (non-hydrogen) atoms. The highest BCUT2D eigenvalue weighted by Gasteiger charge is 2.19. The Bertz CT molecular complexity index is 2910. The third-order valence-electron chi connectivity index (χ3n) is 10.1. The first-order valence-electron chi connectivity index (χ1n) is 18.7. The van der Waals surface area contributed by atoms with Crippen LogP contribution in [0.15, 0.2) is 211 Å². The normalized spacial score (nSPS) is 11.2. The van der Waals surface area contributed by atoms with Gasteiger partial charge in [0.15, 0.2) is 17.5 Å². The van der Waals surface area contributed by atoms with E-state index in [1.165, 1.54) is 0 Å². The van der Waals surface area contributed by atoms with Gasteiger partial charge in [-0.25, -0.2) is 15.0 Å². The molecule has 10 rings (SSSR count). The summed E-state index contributed by atoms with van der Waals surface area (Å²) in [6.45, 7) is 0. The molecule has 0 radical (unpaired) electrons. The Kier molecular flexibility index (Phi) is 8.43. The maximum atomic E-state index is 6.60. The molecule has 5 nitrogen and oxygen atoms in total. The van der Waals surface area contributed by atoms with Crippen LogP contribution in [0.5, 0.6) is 0 Å². The van der Waals surface area contributed by atoms with Gasteiger partial charge in [0.25, 0.3) is 0 Å². The van der Waals surface area contributed by atoms with E-state index in [0.29, 0.717) is 17.5 Å². The monoisotopic (exact) mass is 718 g/mol. The predicted octanol–water partition coefficient (Wildman–Crippen LogP) is 13.6. The lowest BCUT2D eigenvalue weighted by molar-refractivity contribution is 0.669. The molecular weight excluding hydrogens is 685 g/mol. The van der Waals surface area contributed by atoms with E-state index in [1.54, 1.807) is 0 Å². The summed E-state index contributed by atoms with van der Waals surface area (Å²) in [5.41, 5.74) is 12.0. The van der Waals surface area contributed by atoms with Crippen molar-refractivity contribution in [3.05, 3.63) is 206 Å². The van der Waals surface area contributed by atoms with Crippen LogP contribution >= 0.6 is 0 Å². The highest BCUT2D eigenvalue weighted by Crippen LogP contribution is 2.40. The Balaban J connectivity index is 1.06. The molecule has 2 aromatic heterocycles. The van der Waals surface area contributed by atoms with Gasteiger partial charge in [-0.15, -0.1) is 0 Å². The molecule has 264 valence electrons. The molecule has 8 aromatic carbocycles. The van der Waals surface area contributed by atoms with Crippen LogP contribution < -0.4 is 4.90 Å². The van der Waals surface area contributed by atoms with Crippen LogP contribution in [0.25, 0.3) is 78.4 Å². The molecule has 0 unspecified atom stereocenters. The average molecular weight is 719 g/mol. The van der Waals surface area contributed by atoms with Gasteiger partial charge in [0.1, 0.15) is 11.2 Å². The van der Waals surface area contributed by atoms with Crippen molar-refractivity contribution in [2.75, 3.05) is 4.90 Å². The summed E-state index contributed by atoms with van der Waals surface area (Å²) < 4.78 is 6.60. The summed E-state index contributed by atoms with van der Waals surface area (Å²) in [7, 11) is 0. The van der Waals surface area contributed by atoms with E-state index >= 15 is 0 Å². The van der Waals surface area contributed by atoms with Crippen molar-refractivity contribution in [1.29, 1.82) is 0 Å². The highest BCUT2D eigenvalue weighted by molar-refractivity contribution is 6.12. The molecule has 5 heteroatoms. The second kappa shape index (κ2) is 14.3. The lowest BCUT2D eigenvalue weighted by Crippen LogP contribution is -2.09. The third-order valence-corrected chi connectivity index (χ3v) is 10.1. The number of fused-ring (bicyclic) bond motifs is 3. The van der Waals surface area contributed by atoms with E-state index in [-0.39, 0.29) is 0 Å². The summed E-state index contributed by atoms with van der Waals surface area (Å²) in [4.78, 5) is 17.4. The minimum absolute atomic E-state index is 0.591. The number of aromatic nitrogens is 3. The molecule has 0 N–H and O–H groups in total. The molecule has 0 bridgehead atoms. The quantitative estimate of drug-likeness (QED) is 0.157. The molecule has 0 aliphatic carbocycles. The number of para-hydroxylation sites is 2. The topological polar surface area (TPSA) is 55.1 Å². The molecule has 2 heterocycles. The van der Waals surface area contributed by atoms with Crippen molar-refractivity contribution in [2.24, 2.45) is 0 Å². The van der Waals surface area contributed by atoms with Crippen LogP contribution in [0.3, 0.4) is 0 Å². The van der Waals surface area contributed by atoms with Crippen molar-refractivity contribution < 1.29 is 4.42 Å². The molecule has 0 atom stereocenters. The Morgan fingerprint density at radius 3 is 1.45 bits per heavy atom. The summed E-state index contributed by atoms with van der Waals surface area (Å²) in [5, 5.41) is 1.97. The number of rotatable bonds is 8. The van der Waals surface area contributed by atoms with E-state index in [2.05, 4.69) is 150 Å². The van der Waals surface area contributed by atoms with Gasteiger partial charge in [-0.3, -0.25) is 0 Å². The second-order valence-electron chi connectivity index (χ2n) is 13.7. The number of benzene rings is 8.